The van der Waals surface area contributed by atoms with Crippen LogP contribution in [0, 0.1) is 11.3 Å². The van der Waals surface area contributed by atoms with Crippen molar-refractivity contribution in [3.63, 3.8) is 0 Å². The molecular formula is C9H18N2. The summed E-state index contributed by atoms with van der Waals surface area (Å²) in [6, 6.07) is 0.595. The van der Waals surface area contributed by atoms with Crippen LogP contribution in [0.2, 0.25) is 0 Å². The number of hydrogen-bond donors (Lipinski definition) is 1. The minimum absolute atomic E-state index is 0.595. The SMILES string of the molecule is CCC(=N)N1CC(C)CC1C. The van der Waals surface area contributed by atoms with E-state index in [1.807, 2.05) is 0 Å². The normalized spacial score (nSPS) is 31.0. The summed E-state index contributed by atoms with van der Waals surface area (Å²) in [4.78, 5) is 2.23. The summed E-state index contributed by atoms with van der Waals surface area (Å²) in [5.41, 5.74) is 0. The Balaban J connectivity index is 2.52. The van der Waals surface area contributed by atoms with Crippen LogP contribution in [0.25, 0.3) is 0 Å². The van der Waals surface area contributed by atoms with Gasteiger partial charge in [-0.3, -0.25) is 5.41 Å². The van der Waals surface area contributed by atoms with Crippen molar-refractivity contribution in [2.75, 3.05) is 6.54 Å². The Hall–Kier alpha value is -0.530. The largest absolute Gasteiger partial charge is 0.358 e. The number of nitrogens with one attached hydrogen (secondary N) is 1. The summed E-state index contributed by atoms with van der Waals surface area (Å²) >= 11 is 0. The van der Waals surface area contributed by atoms with Crippen molar-refractivity contribution in [2.24, 2.45) is 5.92 Å². The number of likely N-dealkylation sites (tertiary alicyclic amines) is 1. The van der Waals surface area contributed by atoms with Gasteiger partial charge < -0.3 is 4.90 Å². The monoisotopic (exact) mass is 154 g/mol. The Labute approximate surface area is 69.1 Å². The molecule has 1 fully saturated rings. The predicted molar refractivity (Wildman–Crippen MR) is 48.0 cm³/mol. The molecule has 2 nitrogen and oxygen atoms in total. The second-order valence-electron chi connectivity index (χ2n) is 3.64. The predicted octanol–water partition coefficient (Wildman–Crippen LogP) is 2.10. The Morgan fingerprint density at radius 3 is 2.55 bits per heavy atom. The molecule has 2 atom stereocenters. The first-order valence-corrected chi connectivity index (χ1v) is 4.49. The molecule has 0 aromatic carbocycles. The molecule has 1 rings (SSSR count). The smallest absolute Gasteiger partial charge is 0.0957 e. The average Bonchev–Trinajstić information content (AvgIpc) is 2.28. The van der Waals surface area contributed by atoms with E-state index in [2.05, 4.69) is 25.7 Å². The molecule has 1 saturated heterocycles. The molecule has 0 spiro atoms. The van der Waals surface area contributed by atoms with Gasteiger partial charge in [-0.15, -0.1) is 0 Å². The fourth-order valence-electron chi connectivity index (χ4n) is 1.88. The van der Waals surface area contributed by atoms with Gasteiger partial charge in [-0.1, -0.05) is 13.8 Å². The van der Waals surface area contributed by atoms with Gasteiger partial charge in [0.1, 0.15) is 0 Å². The molecule has 1 N–H and O–H groups in total. The second-order valence-corrected chi connectivity index (χ2v) is 3.64. The highest BCUT2D eigenvalue weighted by atomic mass is 15.2. The molecular weight excluding hydrogens is 136 g/mol. The lowest BCUT2D eigenvalue weighted by molar-refractivity contribution is 0.401. The van der Waals surface area contributed by atoms with Crippen LogP contribution in [0.5, 0.6) is 0 Å². The van der Waals surface area contributed by atoms with Gasteiger partial charge in [0.15, 0.2) is 0 Å². The van der Waals surface area contributed by atoms with E-state index in [1.165, 1.54) is 6.42 Å². The highest BCUT2D eigenvalue weighted by molar-refractivity contribution is 5.79. The van der Waals surface area contributed by atoms with Crippen LogP contribution in [0.4, 0.5) is 0 Å². The minimum atomic E-state index is 0.595. The van der Waals surface area contributed by atoms with Crippen LogP contribution in [-0.2, 0) is 0 Å². The Morgan fingerprint density at radius 1 is 1.55 bits per heavy atom. The lowest BCUT2D eigenvalue weighted by Gasteiger charge is -2.23. The first-order valence-electron chi connectivity index (χ1n) is 4.49. The van der Waals surface area contributed by atoms with Crippen LogP contribution in [-0.4, -0.2) is 23.3 Å². The van der Waals surface area contributed by atoms with Crippen LogP contribution in [0.3, 0.4) is 0 Å². The van der Waals surface area contributed by atoms with Crippen LogP contribution >= 0.6 is 0 Å². The van der Waals surface area contributed by atoms with E-state index in [0.29, 0.717) is 6.04 Å². The summed E-state index contributed by atoms with van der Waals surface area (Å²) < 4.78 is 0. The summed E-state index contributed by atoms with van der Waals surface area (Å²) in [6.07, 6.45) is 2.12. The maximum atomic E-state index is 7.68. The van der Waals surface area contributed by atoms with Gasteiger partial charge in [0, 0.05) is 19.0 Å². The molecule has 1 aliphatic heterocycles. The highest BCUT2D eigenvalue weighted by Gasteiger charge is 2.26. The van der Waals surface area contributed by atoms with Gasteiger partial charge in [-0.05, 0) is 19.3 Å². The van der Waals surface area contributed by atoms with Crippen molar-refractivity contribution in [2.45, 2.75) is 39.7 Å². The molecule has 0 saturated carbocycles. The molecule has 0 aromatic rings. The van der Waals surface area contributed by atoms with Gasteiger partial charge >= 0.3 is 0 Å². The van der Waals surface area contributed by atoms with Gasteiger partial charge in [-0.25, -0.2) is 0 Å². The molecule has 64 valence electrons. The first-order chi connectivity index (χ1) is 5.15. The lowest BCUT2D eigenvalue weighted by atomic mass is 10.1. The van der Waals surface area contributed by atoms with E-state index >= 15 is 0 Å². The fourth-order valence-corrected chi connectivity index (χ4v) is 1.88. The van der Waals surface area contributed by atoms with E-state index in [0.717, 1.165) is 24.7 Å². The van der Waals surface area contributed by atoms with E-state index in [-0.39, 0.29) is 0 Å². The number of amidine groups is 1. The van der Waals surface area contributed by atoms with Gasteiger partial charge in [0.25, 0.3) is 0 Å². The molecule has 0 radical (unpaired) electrons. The van der Waals surface area contributed by atoms with E-state index in [1.54, 1.807) is 0 Å². The maximum absolute atomic E-state index is 7.68. The van der Waals surface area contributed by atoms with Crippen LogP contribution in [0.1, 0.15) is 33.6 Å². The van der Waals surface area contributed by atoms with Crippen LogP contribution in [0.15, 0.2) is 0 Å². The van der Waals surface area contributed by atoms with E-state index in [9.17, 15) is 0 Å². The van der Waals surface area contributed by atoms with Crippen molar-refractivity contribution in [3.8, 4) is 0 Å². The molecule has 2 heteroatoms. The molecule has 11 heavy (non-hydrogen) atoms. The number of rotatable bonds is 1. The van der Waals surface area contributed by atoms with Crippen molar-refractivity contribution in [1.29, 1.82) is 5.41 Å². The molecule has 0 aliphatic carbocycles. The third kappa shape index (κ3) is 1.73. The summed E-state index contributed by atoms with van der Waals surface area (Å²) in [7, 11) is 0. The zero-order valence-electron chi connectivity index (χ0n) is 7.72. The van der Waals surface area contributed by atoms with Gasteiger partial charge in [-0.2, -0.15) is 0 Å². The summed E-state index contributed by atoms with van der Waals surface area (Å²) in [5.74, 6) is 1.58. The highest BCUT2D eigenvalue weighted by Crippen LogP contribution is 2.22. The molecule has 0 bridgehead atoms. The van der Waals surface area contributed by atoms with E-state index in [4.69, 9.17) is 5.41 Å². The van der Waals surface area contributed by atoms with Crippen molar-refractivity contribution >= 4 is 5.84 Å². The fraction of sp³-hybridized carbons (Fsp3) is 0.889. The van der Waals surface area contributed by atoms with Crippen molar-refractivity contribution < 1.29 is 0 Å². The molecule has 1 heterocycles. The van der Waals surface area contributed by atoms with Crippen LogP contribution < -0.4 is 0 Å². The zero-order chi connectivity index (χ0) is 8.43. The molecule has 0 amide bonds. The lowest BCUT2D eigenvalue weighted by Crippen LogP contribution is -2.32. The average molecular weight is 154 g/mol. The van der Waals surface area contributed by atoms with Crippen molar-refractivity contribution in [1.82, 2.24) is 4.90 Å². The number of nitrogens with zero attached hydrogens (tertiary/aromatic N) is 1. The molecule has 0 aromatic heterocycles. The molecule has 1 aliphatic rings. The first kappa shape index (κ1) is 8.57. The van der Waals surface area contributed by atoms with Gasteiger partial charge in [0.05, 0.1) is 5.84 Å². The second kappa shape index (κ2) is 3.24. The topological polar surface area (TPSA) is 27.1 Å². The number of hydrogen-bond acceptors (Lipinski definition) is 1. The zero-order valence-corrected chi connectivity index (χ0v) is 7.72. The molecule has 2 unspecified atom stereocenters. The maximum Gasteiger partial charge on any atom is 0.0957 e. The summed E-state index contributed by atoms with van der Waals surface area (Å²) in [5, 5.41) is 7.68. The Bertz CT molecular complexity index is 154. The third-order valence-corrected chi connectivity index (χ3v) is 2.47. The summed E-state index contributed by atoms with van der Waals surface area (Å²) in [6.45, 7) is 7.62. The van der Waals surface area contributed by atoms with Gasteiger partial charge in [0.2, 0.25) is 0 Å². The third-order valence-electron chi connectivity index (χ3n) is 2.47. The Morgan fingerprint density at radius 2 is 2.18 bits per heavy atom. The standard InChI is InChI=1S/C9H18N2/c1-4-9(10)11-6-7(2)5-8(11)3/h7-8,10H,4-6H2,1-3H3. The quantitative estimate of drug-likeness (QED) is 0.454. The Kier molecular flexibility index (Phi) is 2.53. The van der Waals surface area contributed by atoms with Crippen molar-refractivity contribution in [3.05, 3.63) is 0 Å². The van der Waals surface area contributed by atoms with E-state index < -0.39 is 0 Å². The minimum Gasteiger partial charge on any atom is -0.358 e.